The standard InChI is InChI=1S/C15H20N4O3/c1-15(2)10(11(15)13(21)22)12(20)18-6-8-19(9-7-18)14-16-4-3-5-17-14/h3-5,10-11H,6-9H2,1-2H3,(H,21,22)/t10-,11+/m1/s1. The molecule has 3 rings (SSSR count). The van der Waals surface area contributed by atoms with Crippen molar-refractivity contribution in [2.75, 3.05) is 31.1 Å². The fourth-order valence-corrected chi connectivity index (χ4v) is 3.34. The van der Waals surface area contributed by atoms with E-state index < -0.39 is 23.2 Å². The van der Waals surface area contributed by atoms with Gasteiger partial charge in [-0.25, -0.2) is 9.97 Å². The highest BCUT2D eigenvalue weighted by Crippen LogP contribution is 2.59. The van der Waals surface area contributed by atoms with Crippen LogP contribution in [0.1, 0.15) is 13.8 Å². The second-order valence-electron chi connectivity index (χ2n) is 6.48. The summed E-state index contributed by atoms with van der Waals surface area (Å²) in [6, 6.07) is 1.77. The van der Waals surface area contributed by atoms with Crippen LogP contribution in [0.5, 0.6) is 0 Å². The van der Waals surface area contributed by atoms with Crippen molar-refractivity contribution in [3.8, 4) is 0 Å². The average molecular weight is 304 g/mol. The lowest BCUT2D eigenvalue weighted by Gasteiger charge is -2.35. The van der Waals surface area contributed by atoms with Crippen molar-refractivity contribution in [1.29, 1.82) is 0 Å². The van der Waals surface area contributed by atoms with E-state index in [0.29, 0.717) is 32.1 Å². The Morgan fingerprint density at radius 3 is 2.23 bits per heavy atom. The Bertz CT molecular complexity index is 582. The van der Waals surface area contributed by atoms with E-state index in [1.807, 2.05) is 18.7 Å². The maximum atomic E-state index is 12.5. The summed E-state index contributed by atoms with van der Waals surface area (Å²) in [7, 11) is 0. The Labute approximate surface area is 129 Å². The van der Waals surface area contributed by atoms with Crippen LogP contribution in [0.15, 0.2) is 18.5 Å². The van der Waals surface area contributed by atoms with Gasteiger partial charge < -0.3 is 14.9 Å². The number of hydrogen-bond acceptors (Lipinski definition) is 5. The maximum absolute atomic E-state index is 12.5. The number of amides is 1. The molecule has 1 aromatic rings. The first-order chi connectivity index (χ1) is 10.4. The molecule has 0 aromatic carbocycles. The quantitative estimate of drug-likeness (QED) is 0.874. The lowest BCUT2D eigenvalue weighted by Crippen LogP contribution is -2.50. The van der Waals surface area contributed by atoms with Crippen LogP contribution in [0.3, 0.4) is 0 Å². The Hall–Kier alpha value is -2.18. The van der Waals surface area contributed by atoms with Crippen LogP contribution in [0.25, 0.3) is 0 Å². The first-order valence-electron chi connectivity index (χ1n) is 7.46. The van der Waals surface area contributed by atoms with Crippen LogP contribution in [-0.4, -0.2) is 58.0 Å². The summed E-state index contributed by atoms with van der Waals surface area (Å²) in [6.07, 6.45) is 3.40. The smallest absolute Gasteiger partial charge is 0.307 e. The molecule has 0 bridgehead atoms. The molecule has 2 fully saturated rings. The topological polar surface area (TPSA) is 86.6 Å². The molecule has 1 amide bonds. The van der Waals surface area contributed by atoms with Crippen molar-refractivity contribution in [1.82, 2.24) is 14.9 Å². The molecule has 7 nitrogen and oxygen atoms in total. The van der Waals surface area contributed by atoms with E-state index in [4.69, 9.17) is 0 Å². The lowest BCUT2D eigenvalue weighted by atomic mass is 10.1. The van der Waals surface area contributed by atoms with E-state index in [0.717, 1.165) is 0 Å². The van der Waals surface area contributed by atoms with E-state index in [9.17, 15) is 14.7 Å². The summed E-state index contributed by atoms with van der Waals surface area (Å²) in [6.45, 7) is 6.19. The van der Waals surface area contributed by atoms with E-state index in [1.54, 1.807) is 23.4 Å². The van der Waals surface area contributed by atoms with E-state index in [1.165, 1.54) is 0 Å². The van der Waals surface area contributed by atoms with Gasteiger partial charge in [-0.3, -0.25) is 9.59 Å². The van der Waals surface area contributed by atoms with Crippen LogP contribution in [0, 0.1) is 17.3 Å². The van der Waals surface area contributed by atoms with Crippen molar-refractivity contribution in [3.63, 3.8) is 0 Å². The molecule has 2 heterocycles. The van der Waals surface area contributed by atoms with Gasteiger partial charge in [0, 0.05) is 38.6 Å². The highest BCUT2D eigenvalue weighted by Gasteiger charge is 2.66. The highest BCUT2D eigenvalue weighted by atomic mass is 16.4. The number of carboxylic acid groups (broad SMARTS) is 1. The van der Waals surface area contributed by atoms with E-state index in [2.05, 4.69) is 9.97 Å². The third-order valence-corrected chi connectivity index (χ3v) is 4.79. The highest BCUT2D eigenvalue weighted by molar-refractivity contribution is 5.91. The number of nitrogens with zero attached hydrogens (tertiary/aromatic N) is 4. The zero-order chi connectivity index (χ0) is 15.9. The van der Waals surface area contributed by atoms with Gasteiger partial charge in [0.05, 0.1) is 11.8 Å². The molecule has 22 heavy (non-hydrogen) atoms. The van der Waals surface area contributed by atoms with Gasteiger partial charge in [-0.15, -0.1) is 0 Å². The fourth-order valence-electron chi connectivity index (χ4n) is 3.34. The number of aromatic nitrogens is 2. The summed E-state index contributed by atoms with van der Waals surface area (Å²) < 4.78 is 0. The Balaban J connectivity index is 1.60. The zero-order valence-corrected chi connectivity index (χ0v) is 12.8. The third kappa shape index (κ3) is 2.40. The normalized spacial score (nSPS) is 26.6. The minimum atomic E-state index is -0.875. The van der Waals surface area contributed by atoms with Crippen molar-refractivity contribution in [2.45, 2.75) is 13.8 Å². The van der Waals surface area contributed by atoms with Crippen molar-refractivity contribution in [2.24, 2.45) is 17.3 Å². The van der Waals surface area contributed by atoms with Gasteiger partial charge in [0.15, 0.2) is 0 Å². The molecule has 0 radical (unpaired) electrons. The SMILES string of the molecule is CC1(C)[C@H](C(=O)O)[C@@H]1C(=O)N1CCN(c2ncccn2)CC1. The Morgan fingerprint density at radius 2 is 1.73 bits per heavy atom. The molecule has 7 heteroatoms. The number of carbonyl (C=O) groups excluding carboxylic acids is 1. The molecular formula is C15H20N4O3. The second kappa shape index (κ2) is 5.23. The molecule has 1 saturated heterocycles. The number of carbonyl (C=O) groups is 2. The van der Waals surface area contributed by atoms with Crippen molar-refractivity contribution in [3.05, 3.63) is 18.5 Å². The van der Waals surface area contributed by atoms with Crippen LogP contribution in [-0.2, 0) is 9.59 Å². The number of carboxylic acids is 1. The molecule has 118 valence electrons. The van der Waals surface area contributed by atoms with Gasteiger partial charge in [-0.2, -0.15) is 0 Å². The fraction of sp³-hybridized carbons (Fsp3) is 0.600. The Morgan fingerprint density at radius 1 is 1.14 bits per heavy atom. The summed E-state index contributed by atoms with van der Waals surface area (Å²) in [5.74, 6) is -1.20. The van der Waals surface area contributed by atoms with E-state index >= 15 is 0 Å². The van der Waals surface area contributed by atoms with Gasteiger partial charge in [0.1, 0.15) is 0 Å². The molecule has 2 aliphatic rings. The molecule has 2 atom stereocenters. The molecule has 1 aliphatic carbocycles. The average Bonchev–Trinajstić information content (AvgIpc) is 3.10. The molecule has 1 aromatic heterocycles. The van der Waals surface area contributed by atoms with Gasteiger partial charge in [0.25, 0.3) is 0 Å². The first kappa shape index (κ1) is 14.7. The number of hydrogen-bond donors (Lipinski definition) is 1. The van der Waals surface area contributed by atoms with Crippen molar-refractivity contribution >= 4 is 17.8 Å². The van der Waals surface area contributed by atoms with Gasteiger partial charge in [-0.05, 0) is 11.5 Å². The number of anilines is 1. The largest absolute Gasteiger partial charge is 0.481 e. The van der Waals surface area contributed by atoms with Gasteiger partial charge in [0.2, 0.25) is 11.9 Å². The summed E-state index contributed by atoms with van der Waals surface area (Å²) in [5, 5.41) is 9.20. The number of aliphatic carboxylic acids is 1. The molecular weight excluding hydrogens is 284 g/mol. The summed E-state index contributed by atoms with van der Waals surface area (Å²) in [4.78, 5) is 36.0. The minimum absolute atomic E-state index is 0.0361. The van der Waals surface area contributed by atoms with Crippen LogP contribution < -0.4 is 4.90 Å². The molecule has 0 spiro atoms. The number of rotatable bonds is 3. The van der Waals surface area contributed by atoms with E-state index in [-0.39, 0.29) is 5.91 Å². The van der Waals surface area contributed by atoms with Gasteiger partial charge in [-0.1, -0.05) is 13.8 Å². The molecule has 1 aliphatic heterocycles. The van der Waals surface area contributed by atoms with Crippen LogP contribution >= 0.6 is 0 Å². The van der Waals surface area contributed by atoms with Crippen LogP contribution in [0.2, 0.25) is 0 Å². The zero-order valence-electron chi connectivity index (χ0n) is 12.8. The molecule has 0 unspecified atom stereocenters. The van der Waals surface area contributed by atoms with Crippen molar-refractivity contribution < 1.29 is 14.7 Å². The Kier molecular flexibility index (Phi) is 3.50. The van der Waals surface area contributed by atoms with Crippen LogP contribution in [0.4, 0.5) is 5.95 Å². The molecule has 1 N–H and O–H groups in total. The second-order valence-corrected chi connectivity index (χ2v) is 6.48. The first-order valence-corrected chi connectivity index (χ1v) is 7.46. The summed E-state index contributed by atoms with van der Waals surface area (Å²) >= 11 is 0. The monoisotopic (exact) mass is 304 g/mol. The predicted octanol–water partition coefficient (Wildman–Crippen LogP) is 0.482. The minimum Gasteiger partial charge on any atom is -0.481 e. The third-order valence-electron chi connectivity index (χ3n) is 4.79. The maximum Gasteiger partial charge on any atom is 0.307 e. The predicted molar refractivity (Wildman–Crippen MR) is 79.2 cm³/mol. The molecule has 1 saturated carbocycles. The number of piperazine rings is 1. The lowest BCUT2D eigenvalue weighted by molar-refractivity contribution is -0.142. The van der Waals surface area contributed by atoms with Gasteiger partial charge >= 0.3 is 5.97 Å². The summed E-state index contributed by atoms with van der Waals surface area (Å²) in [5.41, 5.74) is -0.442.